The molecule has 12 heavy (non-hydrogen) atoms. The lowest BCUT2D eigenvalue weighted by Gasteiger charge is -2.37. The van der Waals surface area contributed by atoms with E-state index in [0.717, 1.165) is 6.42 Å². The normalized spacial score (nSPS) is 15.5. The van der Waals surface area contributed by atoms with E-state index in [1.54, 1.807) is 0 Å². The minimum atomic E-state index is -0.276. The average molecular weight is 176 g/mol. The number of hydrogen-bond donors (Lipinski definition) is 3. The largest absolute Gasteiger partial charge is 0.483 e. The van der Waals surface area contributed by atoms with Crippen molar-refractivity contribution in [3.63, 3.8) is 0 Å². The van der Waals surface area contributed by atoms with Crippen molar-refractivity contribution in [1.82, 2.24) is 0 Å². The van der Waals surface area contributed by atoms with E-state index in [2.05, 4.69) is 6.92 Å². The Balaban J connectivity index is 0. The van der Waals surface area contributed by atoms with Gasteiger partial charge in [-0.3, -0.25) is 4.79 Å². The second kappa shape index (κ2) is 5.11. The lowest BCUT2D eigenvalue weighted by Crippen LogP contribution is -2.60. The van der Waals surface area contributed by atoms with Crippen LogP contribution in [-0.2, 0) is 4.79 Å². The van der Waals surface area contributed by atoms with Gasteiger partial charge in [0.2, 0.25) is 0 Å². The summed E-state index contributed by atoms with van der Waals surface area (Å²) in [6, 6.07) is 0. The number of hydrogen-bond acceptors (Lipinski definition) is 3. The first-order chi connectivity index (χ1) is 5.22. The van der Waals surface area contributed by atoms with Gasteiger partial charge in [0.15, 0.2) is 0 Å². The average Bonchev–Trinajstić information content (AvgIpc) is 1.87. The van der Waals surface area contributed by atoms with Crippen LogP contribution in [0.3, 0.4) is 0 Å². The minimum absolute atomic E-state index is 0.243. The first-order valence-corrected chi connectivity index (χ1v) is 3.88. The van der Waals surface area contributed by atoms with Crippen molar-refractivity contribution < 1.29 is 9.90 Å². The Bertz CT molecular complexity index is 128. The molecule has 0 bridgehead atoms. The molecule has 0 spiro atoms. The van der Waals surface area contributed by atoms with Gasteiger partial charge in [-0.15, -0.1) is 0 Å². The molecule has 4 nitrogen and oxygen atoms in total. The third-order valence-electron chi connectivity index (χ3n) is 2.21. The third-order valence-corrected chi connectivity index (χ3v) is 2.21. The quantitative estimate of drug-likeness (QED) is 0.536. The number of nitrogens with two attached hydrogens (primary N) is 2. The molecule has 0 aromatic carbocycles. The van der Waals surface area contributed by atoms with Crippen LogP contribution in [0, 0.1) is 0 Å². The maximum absolute atomic E-state index is 8.36. The lowest BCUT2D eigenvalue weighted by atomic mass is 9.81. The molecular weight excluding hydrogens is 156 g/mol. The smallest absolute Gasteiger partial charge is 0.290 e. The Morgan fingerprint density at radius 2 is 1.58 bits per heavy atom. The van der Waals surface area contributed by atoms with E-state index < -0.39 is 0 Å². The van der Waals surface area contributed by atoms with E-state index >= 15 is 0 Å². The molecule has 0 amide bonds. The Kier molecular flexibility index (Phi) is 5.94. The maximum atomic E-state index is 8.36. The fraction of sp³-hybridized carbons (Fsp3) is 0.875. The highest BCUT2D eigenvalue weighted by Gasteiger charge is 2.31. The standard InChI is InChI=1S/C7H18N2.CH2O2/c1-5-7(4,9)6(2,3)8;2-1-3/h5,8-9H2,1-4H3;1H,(H,2,3). The molecule has 0 saturated carbocycles. The van der Waals surface area contributed by atoms with Crippen LogP contribution in [-0.4, -0.2) is 22.7 Å². The van der Waals surface area contributed by atoms with Crippen LogP contribution in [0.5, 0.6) is 0 Å². The molecule has 0 aromatic rings. The number of carbonyl (C=O) groups is 1. The van der Waals surface area contributed by atoms with Crippen molar-refractivity contribution >= 4 is 6.47 Å². The Labute approximate surface area is 73.9 Å². The predicted octanol–water partition coefficient (Wildman–Crippen LogP) is 0.552. The summed E-state index contributed by atoms with van der Waals surface area (Å²) in [5.41, 5.74) is 11.1. The van der Waals surface area contributed by atoms with Gasteiger partial charge in [-0.25, -0.2) is 0 Å². The van der Waals surface area contributed by atoms with Crippen LogP contribution in [0.1, 0.15) is 34.1 Å². The predicted molar refractivity (Wildman–Crippen MR) is 49.8 cm³/mol. The molecule has 0 radical (unpaired) electrons. The summed E-state index contributed by atoms with van der Waals surface area (Å²) < 4.78 is 0. The topological polar surface area (TPSA) is 89.3 Å². The molecule has 0 saturated heterocycles. The first kappa shape index (κ1) is 13.9. The monoisotopic (exact) mass is 176 g/mol. The van der Waals surface area contributed by atoms with Crippen molar-refractivity contribution in [2.45, 2.75) is 45.2 Å². The van der Waals surface area contributed by atoms with Crippen molar-refractivity contribution in [3.05, 3.63) is 0 Å². The highest BCUT2D eigenvalue weighted by atomic mass is 16.3. The second-order valence-corrected chi connectivity index (χ2v) is 3.60. The first-order valence-electron chi connectivity index (χ1n) is 3.88. The zero-order valence-electron chi connectivity index (χ0n) is 8.29. The zero-order valence-corrected chi connectivity index (χ0v) is 8.29. The molecule has 0 aliphatic rings. The van der Waals surface area contributed by atoms with E-state index in [4.69, 9.17) is 21.4 Å². The summed E-state index contributed by atoms with van der Waals surface area (Å²) in [5.74, 6) is 0. The third kappa shape index (κ3) is 5.09. The molecular formula is C8H20N2O2. The number of rotatable bonds is 2. The highest BCUT2D eigenvalue weighted by Crippen LogP contribution is 2.18. The molecule has 5 N–H and O–H groups in total. The van der Waals surface area contributed by atoms with Crippen LogP contribution < -0.4 is 11.5 Å². The van der Waals surface area contributed by atoms with Gasteiger partial charge < -0.3 is 16.6 Å². The summed E-state index contributed by atoms with van der Waals surface area (Å²) in [5, 5.41) is 6.89. The van der Waals surface area contributed by atoms with Gasteiger partial charge in [0.25, 0.3) is 6.47 Å². The Morgan fingerprint density at radius 1 is 1.33 bits per heavy atom. The SMILES string of the molecule is CCC(C)(N)C(C)(C)N.O=CO. The molecule has 0 aliphatic heterocycles. The van der Waals surface area contributed by atoms with Crippen LogP contribution in [0.15, 0.2) is 0 Å². The molecule has 0 aromatic heterocycles. The van der Waals surface area contributed by atoms with Gasteiger partial charge in [0.1, 0.15) is 0 Å². The van der Waals surface area contributed by atoms with Crippen molar-refractivity contribution in [2.24, 2.45) is 11.5 Å². The van der Waals surface area contributed by atoms with Gasteiger partial charge in [-0.05, 0) is 27.2 Å². The highest BCUT2D eigenvalue weighted by molar-refractivity contribution is 5.32. The fourth-order valence-electron chi connectivity index (χ4n) is 0.456. The van der Waals surface area contributed by atoms with Crippen LogP contribution in [0.25, 0.3) is 0 Å². The van der Waals surface area contributed by atoms with E-state index in [-0.39, 0.29) is 17.6 Å². The molecule has 0 heterocycles. The molecule has 0 aliphatic carbocycles. The van der Waals surface area contributed by atoms with Crippen LogP contribution in [0.2, 0.25) is 0 Å². The fourth-order valence-corrected chi connectivity index (χ4v) is 0.456. The summed E-state index contributed by atoms with van der Waals surface area (Å²) in [7, 11) is 0. The second-order valence-electron chi connectivity index (χ2n) is 3.60. The minimum Gasteiger partial charge on any atom is -0.483 e. The van der Waals surface area contributed by atoms with E-state index in [0.29, 0.717) is 0 Å². The number of carboxylic acid groups (broad SMARTS) is 1. The van der Waals surface area contributed by atoms with E-state index in [1.807, 2.05) is 20.8 Å². The van der Waals surface area contributed by atoms with Crippen molar-refractivity contribution in [1.29, 1.82) is 0 Å². The van der Waals surface area contributed by atoms with E-state index in [9.17, 15) is 0 Å². The lowest BCUT2D eigenvalue weighted by molar-refractivity contribution is -0.122. The molecule has 4 heteroatoms. The van der Waals surface area contributed by atoms with Gasteiger partial charge in [0.05, 0.1) is 0 Å². The Morgan fingerprint density at radius 3 is 1.58 bits per heavy atom. The van der Waals surface area contributed by atoms with E-state index in [1.165, 1.54) is 0 Å². The maximum Gasteiger partial charge on any atom is 0.290 e. The summed E-state index contributed by atoms with van der Waals surface area (Å²) in [6.45, 7) is 7.69. The van der Waals surface area contributed by atoms with Gasteiger partial charge >= 0.3 is 0 Å². The molecule has 74 valence electrons. The van der Waals surface area contributed by atoms with Gasteiger partial charge in [-0.1, -0.05) is 6.92 Å². The molecule has 1 unspecified atom stereocenters. The van der Waals surface area contributed by atoms with Crippen molar-refractivity contribution in [2.75, 3.05) is 0 Å². The van der Waals surface area contributed by atoms with Crippen LogP contribution >= 0.6 is 0 Å². The zero-order chi connectivity index (χ0) is 10.4. The molecule has 0 rings (SSSR count). The van der Waals surface area contributed by atoms with Crippen molar-refractivity contribution in [3.8, 4) is 0 Å². The Hall–Kier alpha value is -0.610. The molecule has 0 fully saturated rings. The summed E-state index contributed by atoms with van der Waals surface area (Å²) >= 11 is 0. The van der Waals surface area contributed by atoms with Gasteiger partial charge in [-0.2, -0.15) is 0 Å². The summed E-state index contributed by atoms with van der Waals surface area (Å²) in [4.78, 5) is 8.36. The van der Waals surface area contributed by atoms with Gasteiger partial charge in [0, 0.05) is 11.1 Å². The van der Waals surface area contributed by atoms with Crippen LogP contribution in [0.4, 0.5) is 0 Å². The summed E-state index contributed by atoms with van der Waals surface area (Å²) in [6.07, 6.45) is 0.913. The molecule has 1 atom stereocenters.